The number of aliphatic hydroxyl groups is 1. The predicted molar refractivity (Wildman–Crippen MR) is 92.2 cm³/mol. The summed E-state index contributed by atoms with van der Waals surface area (Å²) in [7, 11) is 1.64. The molecule has 1 fully saturated rings. The van der Waals surface area contributed by atoms with E-state index in [2.05, 4.69) is 14.9 Å². The lowest BCUT2D eigenvalue weighted by molar-refractivity contribution is 0.198. The number of benzene rings is 1. The van der Waals surface area contributed by atoms with E-state index < -0.39 is 0 Å². The van der Waals surface area contributed by atoms with Crippen LogP contribution >= 0.6 is 0 Å². The summed E-state index contributed by atoms with van der Waals surface area (Å²) in [6.07, 6.45) is 4.00. The Morgan fingerprint density at radius 1 is 1.17 bits per heavy atom. The zero-order chi connectivity index (χ0) is 16.5. The highest BCUT2D eigenvalue weighted by Gasteiger charge is 2.22. The van der Waals surface area contributed by atoms with E-state index in [1.165, 1.54) is 0 Å². The molecule has 3 aromatic rings. The van der Waals surface area contributed by atoms with E-state index in [0.29, 0.717) is 12.4 Å². The van der Waals surface area contributed by atoms with Crippen molar-refractivity contribution in [2.45, 2.75) is 12.5 Å². The van der Waals surface area contributed by atoms with Gasteiger partial charge in [0.2, 0.25) is 0 Å². The molecule has 0 spiro atoms. The van der Waals surface area contributed by atoms with Gasteiger partial charge in [0.05, 0.1) is 13.2 Å². The summed E-state index contributed by atoms with van der Waals surface area (Å²) in [5.74, 6) is 2.21. The molecule has 2 aromatic heterocycles. The lowest BCUT2D eigenvalue weighted by Crippen LogP contribution is -2.22. The molecule has 1 atom stereocenters. The number of rotatable bonds is 3. The molecule has 4 rings (SSSR count). The number of ether oxygens (including phenoxy) is 1. The molecule has 1 unspecified atom stereocenters. The van der Waals surface area contributed by atoms with Crippen molar-refractivity contribution in [3.8, 4) is 17.1 Å². The Labute approximate surface area is 139 Å². The van der Waals surface area contributed by atoms with Crippen molar-refractivity contribution in [3.63, 3.8) is 0 Å². The fraction of sp³-hybridized carbons (Fsp3) is 0.278. The van der Waals surface area contributed by atoms with Crippen molar-refractivity contribution < 1.29 is 9.84 Å². The van der Waals surface area contributed by atoms with Crippen molar-refractivity contribution in [1.82, 2.24) is 15.0 Å². The van der Waals surface area contributed by atoms with Crippen LogP contribution in [-0.2, 0) is 0 Å². The molecule has 0 aliphatic carbocycles. The average Bonchev–Trinajstić information content (AvgIpc) is 3.07. The van der Waals surface area contributed by atoms with Crippen molar-refractivity contribution >= 4 is 16.7 Å². The third-order valence-corrected chi connectivity index (χ3v) is 4.32. The molecule has 1 N–H and O–H groups in total. The van der Waals surface area contributed by atoms with E-state index in [1.54, 1.807) is 19.5 Å². The third kappa shape index (κ3) is 2.55. The second-order valence-electron chi connectivity index (χ2n) is 5.84. The molecule has 0 saturated carbocycles. The van der Waals surface area contributed by atoms with Crippen molar-refractivity contribution in [2.24, 2.45) is 0 Å². The SMILES string of the molecule is COc1ccc(-c2nccc(N3CCC(O)C3)n2)c2cccnc12. The molecule has 0 radical (unpaired) electrons. The largest absolute Gasteiger partial charge is 0.494 e. The third-order valence-electron chi connectivity index (χ3n) is 4.32. The second kappa shape index (κ2) is 6.05. The van der Waals surface area contributed by atoms with Gasteiger partial charge in [-0.25, -0.2) is 9.97 Å². The molecular weight excluding hydrogens is 304 g/mol. The first-order valence-corrected chi connectivity index (χ1v) is 7.94. The highest BCUT2D eigenvalue weighted by atomic mass is 16.5. The quantitative estimate of drug-likeness (QED) is 0.797. The van der Waals surface area contributed by atoms with Gasteiger partial charge in [-0.05, 0) is 30.7 Å². The van der Waals surface area contributed by atoms with Crippen LogP contribution in [0.25, 0.3) is 22.3 Å². The molecule has 1 aliphatic heterocycles. The van der Waals surface area contributed by atoms with Crippen LogP contribution in [0.15, 0.2) is 42.7 Å². The first-order chi connectivity index (χ1) is 11.8. The van der Waals surface area contributed by atoms with Crippen LogP contribution < -0.4 is 9.64 Å². The Hall–Kier alpha value is -2.73. The average molecular weight is 322 g/mol. The number of anilines is 1. The van der Waals surface area contributed by atoms with E-state index in [-0.39, 0.29) is 6.10 Å². The molecule has 6 nitrogen and oxygen atoms in total. The second-order valence-corrected chi connectivity index (χ2v) is 5.84. The maximum atomic E-state index is 9.74. The molecule has 0 amide bonds. The van der Waals surface area contributed by atoms with Crippen molar-refractivity contribution in [2.75, 3.05) is 25.1 Å². The van der Waals surface area contributed by atoms with E-state index in [0.717, 1.165) is 41.0 Å². The van der Waals surface area contributed by atoms with Gasteiger partial charge in [-0.1, -0.05) is 6.07 Å². The Bertz CT molecular complexity index is 884. The molecule has 1 aromatic carbocycles. The van der Waals surface area contributed by atoms with Gasteiger partial charge in [-0.3, -0.25) is 4.98 Å². The minimum absolute atomic E-state index is 0.283. The first-order valence-electron chi connectivity index (χ1n) is 7.94. The van der Waals surface area contributed by atoms with Crippen LogP contribution in [0.3, 0.4) is 0 Å². The summed E-state index contributed by atoms with van der Waals surface area (Å²) in [6.45, 7) is 1.42. The van der Waals surface area contributed by atoms with Gasteiger partial charge < -0.3 is 14.7 Å². The number of aromatic nitrogens is 3. The molecule has 1 aliphatic rings. The summed E-state index contributed by atoms with van der Waals surface area (Å²) >= 11 is 0. The number of nitrogens with zero attached hydrogens (tertiary/aromatic N) is 4. The zero-order valence-corrected chi connectivity index (χ0v) is 13.4. The standard InChI is InChI=1S/C18H18N4O2/c1-24-15-5-4-14(13-3-2-8-19-17(13)15)18-20-9-6-16(21-18)22-10-7-12(23)11-22/h2-6,8-9,12,23H,7,10-11H2,1H3. The molecule has 0 bridgehead atoms. The lowest BCUT2D eigenvalue weighted by atomic mass is 10.1. The van der Waals surface area contributed by atoms with Gasteiger partial charge in [0.15, 0.2) is 5.82 Å². The number of hydrogen-bond donors (Lipinski definition) is 1. The maximum Gasteiger partial charge on any atom is 0.162 e. The van der Waals surface area contributed by atoms with Crippen LogP contribution in [0.2, 0.25) is 0 Å². The predicted octanol–water partition coefficient (Wildman–Crippen LogP) is 2.27. The Morgan fingerprint density at radius 2 is 2.08 bits per heavy atom. The molecule has 1 saturated heterocycles. The van der Waals surface area contributed by atoms with Gasteiger partial charge in [-0.15, -0.1) is 0 Å². The van der Waals surface area contributed by atoms with E-state index in [9.17, 15) is 5.11 Å². The van der Waals surface area contributed by atoms with Gasteiger partial charge in [-0.2, -0.15) is 0 Å². The topological polar surface area (TPSA) is 71.4 Å². The molecule has 6 heteroatoms. The van der Waals surface area contributed by atoms with Gasteiger partial charge >= 0.3 is 0 Å². The molecule has 3 heterocycles. The van der Waals surface area contributed by atoms with Crippen LogP contribution in [0.4, 0.5) is 5.82 Å². The maximum absolute atomic E-state index is 9.74. The van der Waals surface area contributed by atoms with Gasteiger partial charge in [0.25, 0.3) is 0 Å². The normalized spacial score (nSPS) is 17.4. The van der Waals surface area contributed by atoms with Crippen molar-refractivity contribution in [1.29, 1.82) is 0 Å². The van der Waals surface area contributed by atoms with E-state index >= 15 is 0 Å². The summed E-state index contributed by atoms with van der Waals surface area (Å²) in [4.78, 5) is 15.6. The summed E-state index contributed by atoms with van der Waals surface area (Å²) in [5, 5.41) is 10.7. The van der Waals surface area contributed by atoms with E-state index in [4.69, 9.17) is 9.72 Å². The summed E-state index contributed by atoms with van der Waals surface area (Å²) in [5.41, 5.74) is 1.71. The number of methoxy groups -OCH3 is 1. The Balaban J connectivity index is 1.81. The van der Waals surface area contributed by atoms with Crippen LogP contribution in [0.1, 0.15) is 6.42 Å². The molecular formula is C18H18N4O2. The number of β-amino-alcohol motifs (C(OH)–C–C–N with tert-alkyl or cyclic N) is 1. The summed E-state index contributed by atoms with van der Waals surface area (Å²) in [6, 6.07) is 9.62. The number of hydrogen-bond acceptors (Lipinski definition) is 6. The molecule has 122 valence electrons. The number of fused-ring (bicyclic) bond motifs is 1. The minimum Gasteiger partial charge on any atom is -0.494 e. The van der Waals surface area contributed by atoms with Crippen molar-refractivity contribution in [3.05, 3.63) is 42.7 Å². The van der Waals surface area contributed by atoms with Crippen LogP contribution in [0, 0.1) is 0 Å². The Morgan fingerprint density at radius 3 is 2.88 bits per heavy atom. The minimum atomic E-state index is -0.283. The van der Waals surface area contributed by atoms with Crippen LogP contribution in [-0.4, -0.2) is 46.4 Å². The van der Waals surface area contributed by atoms with Gasteiger partial charge in [0, 0.05) is 36.4 Å². The van der Waals surface area contributed by atoms with Crippen LogP contribution in [0.5, 0.6) is 5.75 Å². The highest BCUT2D eigenvalue weighted by Crippen LogP contribution is 2.32. The smallest absolute Gasteiger partial charge is 0.162 e. The van der Waals surface area contributed by atoms with Gasteiger partial charge in [0.1, 0.15) is 17.1 Å². The summed E-state index contributed by atoms with van der Waals surface area (Å²) < 4.78 is 5.40. The number of pyridine rings is 1. The monoisotopic (exact) mass is 322 g/mol. The first kappa shape index (κ1) is 14.8. The fourth-order valence-corrected chi connectivity index (χ4v) is 3.11. The highest BCUT2D eigenvalue weighted by molar-refractivity contribution is 5.96. The number of aliphatic hydroxyl groups excluding tert-OH is 1. The lowest BCUT2D eigenvalue weighted by Gasteiger charge is -2.17. The zero-order valence-electron chi connectivity index (χ0n) is 13.4. The molecule has 24 heavy (non-hydrogen) atoms. The Kier molecular flexibility index (Phi) is 3.74. The van der Waals surface area contributed by atoms with E-state index in [1.807, 2.05) is 30.3 Å². The fourth-order valence-electron chi connectivity index (χ4n) is 3.11.